The van der Waals surface area contributed by atoms with Crippen molar-refractivity contribution in [1.82, 2.24) is 0 Å². The Morgan fingerprint density at radius 3 is 2.24 bits per heavy atom. The van der Waals surface area contributed by atoms with Crippen LogP contribution in [0.3, 0.4) is 0 Å². The summed E-state index contributed by atoms with van der Waals surface area (Å²) in [7, 11) is 0. The molecule has 0 heterocycles. The maximum Gasteiger partial charge on any atom is 0.310 e. The molecule has 0 amide bonds. The molecule has 2 N–H and O–H groups in total. The Kier molecular flexibility index (Phi) is 5.42. The second-order valence-electron chi connectivity index (χ2n) is 4.75. The van der Waals surface area contributed by atoms with Gasteiger partial charge < -0.3 is 10.4 Å². The Labute approximate surface area is 140 Å². The first kappa shape index (κ1) is 16.0. The predicted molar refractivity (Wildman–Crippen MR) is 91.7 cm³/mol. The molecule has 1 unspecified atom stereocenters. The van der Waals surface area contributed by atoms with Gasteiger partial charge in [-0.1, -0.05) is 30.3 Å². The van der Waals surface area contributed by atoms with Crippen molar-refractivity contribution in [3.63, 3.8) is 0 Å². The second kappa shape index (κ2) is 7.09. The number of aliphatic carboxylic acids is 1. The molecule has 2 aromatic rings. The molecule has 5 heteroatoms. The zero-order valence-electron chi connectivity index (χ0n) is 11.4. The van der Waals surface area contributed by atoms with Gasteiger partial charge in [0.25, 0.3) is 0 Å². The normalized spacial score (nSPS) is 12.0. The summed E-state index contributed by atoms with van der Waals surface area (Å²) in [6.45, 7) is 2.36. The molecule has 0 radical (unpaired) electrons. The van der Waals surface area contributed by atoms with Crippen LogP contribution in [0.4, 0.5) is 5.69 Å². The van der Waals surface area contributed by atoms with Gasteiger partial charge in [0, 0.05) is 15.5 Å². The summed E-state index contributed by atoms with van der Waals surface area (Å²) in [5, 5.41) is 12.4. The van der Waals surface area contributed by atoms with E-state index in [4.69, 9.17) is 5.11 Å². The van der Waals surface area contributed by atoms with Crippen LogP contribution >= 0.6 is 31.9 Å². The largest absolute Gasteiger partial charge is 0.481 e. The van der Waals surface area contributed by atoms with Gasteiger partial charge in [-0.3, -0.25) is 4.79 Å². The molecule has 0 aromatic heterocycles. The summed E-state index contributed by atoms with van der Waals surface area (Å²) in [5.41, 5.74) is 2.91. The zero-order chi connectivity index (χ0) is 15.4. The van der Waals surface area contributed by atoms with Gasteiger partial charge in [0.15, 0.2) is 0 Å². The number of carboxylic acids is 1. The molecule has 0 aliphatic heterocycles. The minimum absolute atomic E-state index is 0.482. The quantitative estimate of drug-likeness (QED) is 0.725. The smallest absolute Gasteiger partial charge is 0.310 e. The van der Waals surface area contributed by atoms with Crippen LogP contribution in [0.5, 0.6) is 0 Å². The summed E-state index contributed by atoms with van der Waals surface area (Å²) in [6.07, 6.45) is 0. The Balaban J connectivity index is 2.06. The number of hydrogen-bond donors (Lipinski definition) is 2. The Bertz CT molecular complexity index is 621. The molecule has 110 valence electrons. The minimum Gasteiger partial charge on any atom is -0.481 e. The molecular weight excluding hydrogens is 398 g/mol. The number of carboxylic acid groups (broad SMARTS) is 1. The maximum atomic E-state index is 10.9. The molecular formula is C16H15Br2NO2. The minimum atomic E-state index is -0.807. The van der Waals surface area contributed by atoms with E-state index in [9.17, 15) is 4.79 Å². The van der Waals surface area contributed by atoms with Crippen molar-refractivity contribution >= 4 is 43.5 Å². The van der Waals surface area contributed by atoms with Crippen LogP contribution in [-0.2, 0) is 11.3 Å². The lowest BCUT2D eigenvalue weighted by molar-refractivity contribution is -0.138. The van der Waals surface area contributed by atoms with Crippen molar-refractivity contribution in [3.05, 3.63) is 62.5 Å². The van der Waals surface area contributed by atoms with E-state index in [0.717, 1.165) is 25.8 Å². The number of rotatable bonds is 5. The third-order valence-corrected chi connectivity index (χ3v) is 4.60. The topological polar surface area (TPSA) is 49.3 Å². The summed E-state index contributed by atoms with van der Waals surface area (Å²) >= 11 is 7.02. The molecule has 0 saturated carbocycles. The number of nitrogens with one attached hydrogen (secondary N) is 1. The third-order valence-electron chi connectivity index (χ3n) is 3.28. The van der Waals surface area contributed by atoms with Gasteiger partial charge >= 0.3 is 5.97 Å². The van der Waals surface area contributed by atoms with Crippen molar-refractivity contribution in [2.75, 3.05) is 5.32 Å². The first-order valence-electron chi connectivity index (χ1n) is 6.48. The van der Waals surface area contributed by atoms with Crippen LogP contribution in [0.25, 0.3) is 0 Å². The molecule has 2 aromatic carbocycles. The fraction of sp³-hybridized carbons (Fsp3) is 0.188. The molecule has 2 rings (SSSR count). The van der Waals surface area contributed by atoms with E-state index in [2.05, 4.69) is 37.2 Å². The van der Waals surface area contributed by atoms with Crippen LogP contribution in [0.2, 0.25) is 0 Å². The fourth-order valence-corrected chi connectivity index (χ4v) is 3.20. The lowest BCUT2D eigenvalue weighted by atomic mass is 10.00. The lowest BCUT2D eigenvalue weighted by Crippen LogP contribution is -2.07. The number of halogens is 2. The second-order valence-corrected chi connectivity index (χ2v) is 6.46. The van der Waals surface area contributed by atoms with Gasteiger partial charge in [0.05, 0.1) is 11.6 Å². The van der Waals surface area contributed by atoms with Gasteiger partial charge in [-0.05, 0) is 62.0 Å². The van der Waals surface area contributed by atoms with Gasteiger partial charge in [0.2, 0.25) is 0 Å². The molecule has 0 fully saturated rings. The molecule has 0 bridgehead atoms. The number of para-hydroxylation sites is 1. The molecule has 21 heavy (non-hydrogen) atoms. The van der Waals surface area contributed by atoms with E-state index in [1.165, 1.54) is 0 Å². The van der Waals surface area contributed by atoms with E-state index in [1.807, 2.05) is 42.5 Å². The van der Waals surface area contributed by atoms with E-state index < -0.39 is 11.9 Å². The van der Waals surface area contributed by atoms with Crippen LogP contribution in [-0.4, -0.2) is 11.1 Å². The third kappa shape index (κ3) is 4.08. The van der Waals surface area contributed by atoms with Gasteiger partial charge in [0.1, 0.15) is 0 Å². The number of benzene rings is 2. The number of hydrogen-bond acceptors (Lipinski definition) is 2. The van der Waals surface area contributed by atoms with Crippen LogP contribution in [0, 0.1) is 0 Å². The van der Waals surface area contributed by atoms with E-state index in [0.29, 0.717) is 6.54 Å². The van der Waals surface area contributed by atoms with E-state index >= 15 is 0 Å². The standard InChI is InChI=1S/C16H15Br2NO2/c1-10(16(20)21)12-7-5-11(6-8-12)9-19-15-13(17)3-2-4-14(15)18/h2-8,10,19H,9H2,1H3,(H,20,21). The van der Waals surface area contributed by atoms with Gasteiger partial charge in [-0.25, -0.2) is 0 Å². The molecule has 1 atom stereocenters. The molecule has 0 aliphatic rings. The maximum absolute atomic E-state index is 10.9. The van der Waals surface area contributed by atoms with Crippen LogP contribution in [0.1, 0.15) is 24.0 Å². The number of anilines is 1. The Morgan fingerprint density at radius 1 is 1.14 bits per heavy atom. The molecule has 3 nitrogen and oxygen atoms in total. The molecule has 0 saturated heterocycles. The van der Waals surface area contributed by atoms with Crippen molar-refractivity contribution in [2.24, 2.45) is 0 Å². The summed E-state index contributed by atoms with van der Waals surface area (Å²) in [6, 6.07) is 13.5. The highest BCUT2D eigenvalue weighted by Gasteiger charge is 2.13. The zero-order valence-corrected chi connectivity index (χ0v) is 14.6. The van der Waals surface area contributed by atoms with Crippen LogP contribution in [0.15, 0.2) is 51.4 Å². The first-order valence-corrected chi connectivity index (χ1v) is 8.07. The van der Waals surface area contributed by atoms with Gasteiger partial charge in [-0.2, -0.15) is 0 Å². The molecule has 0 aliphatic carbocycles. The van der Waals surface area contributed by atoms with Gasteiger partial charge in [-0.15, -0.1) is 0 Å². The summed E-state index contributed by atoms with van der Waals surface area (Å²) < 4.78 is 1.99. The SMILES string of the molecule is CC(C(=O)O)c1ccc(CNc2c(Br)cccc2Br)cc1. The highest BCUT2D eigenvalue weighted by atomic mass is 79.9. The highest BCUT2D eigenvalue weighted by molar-refractivity contribution is 9.11. The summed E-state index contributed by atoms with van der Waals surface area (Å²) in [4.78, 5) is 10.9. The predicted octanol–water partition coefficient (Wildman–Crippen LogP) is 5.01. The van der Waals surface area contributed by atoms with E-state index in [-0.39, 0.29) is 0 Å². The van der Waals surface area contributed by atoms with Crippen molar-refractivity contribution in [2.45, 2.75) is 19.4 Å². The van der Waals surface area contributed by atoms with E-state index in [1.54, 1.807) is 6.92 Å². The monoisotopic (exact) mass is 411 g/mol. The van der Waals surface area contributed by atoms with Crippen molar-refractivity contribution < 1.29 is 9.90 Å². The van der Waals surface area contributed by atoms with Crippen LogP contribution < -0.4 is 5.32 Å². The van der Waals surface area contributed by atoms with Crippen molar-refractivity contribution in [3.8, 4) is 0 Å². The Hall–Kier alpha value is -1.33. The van der Waals surface area contributed by atoms with Crippen molar-refractivity contribution in [1.29, 1.82) is 0 Å². The lowest BCUT2D eigenvalue weighted by Gasteiger charge is -2.12. The highest BCUT2D eigenvalue weighted by Crippen LogP contribution is 2.30. The first-order chi connectivity index (χ1) is 9.99. The number of carbonyl (C=O) groups is 1. The average molecular weight is 413 g/mol. The summed E-state index contributed by atoms with van der Waals surface area (Å²) in [5.74, 6) is -1.29. The fourth-order valence-electron chi connectivity index (χ4n) is 1.92. The molecule has 0 spiro atoms. The Morgan fingerprint density at radius 2 is 1.71 bits per heavy atom. The average Bonchev–Trinajstić information content (AvgIpc) is 2.46.